The van der Waals surface area contributed by atoms with Crippen molar-refractivity contribution in [3.63, 3.8) is 0 Å². The summed E-state index contributed by atoms with van der Waals surface area (Å²) in [6, 6.07) is 3.06. The first kappa shape index (κ1) is 24.7. The van der Waals surface area contributed by atoms with Gasteiger partial charge in [0.2, 0.25) is 5.88 Å². The van der Waals surface area contributed by atoms with Crippen LogP contribution in [0, 0.1) is 6.92 Å². The minimum atomic E-state index is -5.20. The van der Waals surface area contributed by atoms with Crippen LogP contribution in [-0.2, 0) is 11.3 Å². The molecule has 0 bridgehead atoms. The molecule has 2 aromatic rings. The predicted octanol–water partition coefficient (Wildman–Crippen LogP) is 6.16. The number of allylic oxidation sites excluding steroid dienone is 2. The van der Waals surface area contributed by atoms with E-state index in [1.807, 2.05) is 27.7 Å². The summed E-state index contributed by atoms with van der Waals surface area (Å²) in [6.07, 6.45) is -2.77. The Morgan fingerprint density at radius 3 is 2.35 bits per heavy atom. The van der Waals surface area contributed by atoms with Gasteiger partial charge in [-0.3, -0.25) is 4.79 Å². The number of halogens is 4. The molecule has 0 atom stereocenters. The molecular formula is C22H24ClF3N2O3. The van der Waals surface area contributed by atoms with Crippen molar-refractivity contribution in [3.05, 3.63) is 51.2 Å². The maximum Gasteiger partial charge on any atom is 0.491 e. The van der Waals surface area contributed by atoms with E-state index < -0.39 is 23.8 Å². The molecule has 0 saturated carbocycles. The van der Waals surface area contributed by atoms with Crippen LogP contribution in [0.5, 0.6) is 5.88 Å². The molecule has 0 saturated heterocycles. The van der Waals surface area contributed by atoms with Crippen LogP contribution in [0.2, 0.25) is 5.02 Å². The Bertz CT molecular complexity index is 1040. The Labute approximate surface area is 183 Å². The number of aromatic nitrogens is 2. The largest absolute Gasteiger partial charge is 0.491 e. The number of rotatable bonds is 7. The molecule has 0 spiro atoms. The summed E-state index contributed by atoms with van der Waals surface area (Å²) < 4.78 is 44.1. The number of alkyl halides is 3. The van der Waals surface area contributed by atoms with Crippen molar-refractivity contribution in [2.45, 2.75) is 60.2 Å². The average Bonchev–Trinajstić information content (AvgIpc) is 3.07. The highest BCUT2D eigenvalue weighted by Gasteiger charge is 2.42. The SMILES string of the molecule is CCCCn1ncc(C(=O)c2ccc(Cl)c(C(C)=C(C)C)c2C)c1OC(=O)C(F)(F)F. The zero-order chi connectivity index (χ0) is 23.5. The summed E-state index contributed by atoms with van der Waals surface area (Å²) in [5, 5.41) is 4.44. The Morgan fingerprint density at radius 2 is 1.81 bits per heavy atom. The van der Waals surface area contributed by atoms with Gasteiger partial charge in [0.1, 0.15) is 5.56 Å². The lowest BCUT2D eigenvalue weighted by Gasteiger charge is -2.15. The van der Waals surface area contributed by atoms with Crippen molar-refractivity contribution >= 4 is 28.9 Å². The number of nitrogens with zero attached hydrogens (tertiary/aromatic N) is 2. The summed E-state index contributed by atoms with van der Waals surface area (Å²) >= 11 is 6.35. The third-order valence-corrected chi connectivity index (χ3v) is 5.28. The zero-order valence-electron chi connectivity index (χ0n) is 18.0. The van der Waals surface area contributed by atoms with Gasteiger partial charge in [-0.15, -0.1) is 0 Å². The van der Waals surface area contributed by atoms with E-state index in [4.69, 9.17) is 11.6 Å². The molecule has 168 valence electrons. The van der Waals surface area contributed by atoms with Crippen molar-refractivity contribution in [3.8, 4) is 5.88 Å². The molecule has 0 fully saturated rings. The van der Waals surface area contributed by atoms with Crippen molar-refractivity contribution < 1.29 is 27.5 Å². The van der Waals surface area contributed by atoms with Crippen molar-refractivity contribution in [2.24, 2.45) is 0 Å². The molecule has 0 N–H and O–H groups in total. The van der Waals surface area contributed by atoms with E-state index in [1.54, 1.807) is 13.0 Å². The third-order valence-electron chi connectivity index (χ3n) is 4.96. The van der Waals surface area contributed by atoms with Gasteiger partial charge in [-0.25, -0.2) is 9.48 Å². The van der Waals surface area contributed by atoms with E-state index in [0.29, 0.717) is 22.6 Å². The normalized spacial score (nSPS) is 11.4. The molecule has 0 aliphatic carbocycles. The van der Waals surface area contributed by atoms with Crippen LogP contribution in [0.15, 0.2) is 23.9 Å². The van der Waals surface area contributed by atoms with Gasteiger partial charge < -0.3 is 4.74 Å². The summed E-state index contributed by atoms with van der Waals surface area (Å²) in [6.45, 7) is 9.49. The fourth-order valence-corrected chi connectivity index (χ4v) is 3.38. The van der Waals surface area contributed by atoms with Crippen molar-refractivity contribution in [2.75, 3.05) is 0 Å². The second-order valence-electron chi connectivity index (χ2n) is 7.38. The van der Waals surface area contributed by atoms with Gasteiger partial charge in [0, 0.05) is 17.1 Å². The summed E-state index contributed by atoms with van der Waals surface area (Å²) in [4.78, 5) is 24.8. The fourth-order valence-electron chi connectivity index (χ4n) is 3.03. The number of esters is 1. The number of ether oxygens (including phenoxy) is 1. The average molecular weight is 457 g/mol. The van der Waals surface area contributed by atoms with Gasteiger partial charge >= 0.3 is 12.1 Å². The second kappa shape index (κ2) is 9.68. The van der Waals surface area contributed by atoms with E-state index in [9.17, 15) is 22.8 Å². The lowest BCUT2D eigenvalue weighted by atomic mass is 9.92. The van der Waals surface area contributed by atoms with Crippen LogP contribution in [0.4, 0.5) is 13.2 Å². The minimum Gasteiger partial charge on any atom is -0.400 e. The molecule has 0 aliphatic rings. The number of aryl methyl sites for hydroxylation is 1. The Hall–Kier alpha value is -2.61. The van der Waals surface area contributed by atoms with E-state index >= 15 is 0 Å². The molecule has 5 nitrogen and oxygen atoms in total. The predicted molar refractivity (Wildman–Crippen MR) is 112 cm³/mol. The molecular weight excluding hydrogens is 433 g/mol. The van der Waals surface area contributed by atoms with Crippen LogP contribution < -0.4 is 4.74 Å². The maximum atomic E-state index is 13.3. The van der Waals surface area contributed by atoms with Gasteiger partial charge in [0.25, 0.3) is 0 Å². The van der Waals surface area contributed by atoms with E-state index in [0.717, 1.165) is 28.4 Å². The lowest BCUT2D eigenvalue weighted by Crippen LogP contribution is -2.29. The number of ketones is 1. The molecule has 1 aromatic heterocycles. The quantitative estimate of drug-likeness (QED) is 0.370. The van der Waals surface area contributed by atoms with Crippen LogP contribution in [0.3, 0.4) is 0 Å². The minimum absolute atomic E-state index is 0.200. The Balaban J connectivity index is 2.60. The molecule has 0 unspecified atom stereocenters. The molecule has 1 heterocycles. The zero-order valence-corrected chi connectivity index (χ0v) is 18.7. The second-order valence-corrected chi connectivity index (χ2v) is 7.78. The van der Waals surface area contributed by atoms with Gasteiger partial charge in [-0.05, 0) is 62.9 Å². The number of hydrogen-bond acceptors (Lipinski definition) is 4. The summed E-state index contributed by atoms with van der Waals surface area (Å²) in [5.41, 5.74) is 3.16. The van der Waals surface area contributed by atoms with Crippen LogP contribution in [0.25, 0.3) is 5.57 Å². The smallest absolute Gasteiger partial charge is 0.400 e. The molecule has 9 heteroatoms. The highest BCUT2D eigenvalue weighted by molar-refractivity contribution is 6.32. The molecule has 0 radical (unpaired) electrons. The fraction of sp³-hybridized carbons (Fsp3) is 0.409. The number of carbonyl (C=O) groups is 2. The number of unbranched alkanes of at least 4 members (excludes halogenated alkanes) is 1. The summed E-state index contributed by atoms with van der Waals surface area (Å²) in [7, 11) is 0. The van der Waals surface area contributed by atoms with E-state index in [2.05, 4.69) is 9.84 Å². The number of carbonyl (C=O) groups excluding carboxylic acids is 2. The molecule has 2 rings (SSSR count). The topological polar surface area (TPSA) is 61.2 Å². The third kappa shape index (κ3) is 5.36. The van der Waals surface area contributed by atoms with Gasteiger partial charge in [-0.2, -0.15) is 18.3 Å². The van der Waals surface area contributed by atoms with E-state index in [1.165, 1.54) is 6.07 Å². The van der Waals surface area contributed by atoms with Crippen LogP contribution in [0.1, 0.15) is 67.6 Å². The van der Waals surface area contributed by atoms with Gasteiger partial charge in [0.05, 0.1) is 6.20 Å². The Morgan fingerprint density at radius 1 is 1.16 bits per heavy atom. The maximum absolute atomic E-state index is 13.3. The summed E-state index contributed by atoms with van der Waals surface area (Å²) in [5.74, 6) is -3.53. The monoisotopic (exact) mass is 456 g/mol. The molecule has 31 heavy (non-hydrogen) atoms. The molecule has 0 aliphatic heterocycles. The highest BCUT2D eigenvalue weighted by Crippen LogP contribution is 2.33. The van der Waals surface area contributed by atoms with E-state index in [-0.39, 0.29) is 17.7 Å². The van der Waals surface area contributed by atoms with Crippen LogP contribution >= 0.6 is 11.6 Å². The molecule has 1 aromatic carbocycles. The highest BCUT2D eigenvalue weighted by atomic mass is 35.5. The first-order valence-corrected chi connectivity index (χ1v) is 10.1. The number of benzene rings is 1. The van der Waals surface area contributed by atoms with Crippen LogP contribution in [-0.4, -0.2) is 27.7 Å². The number of hydrogen-bond donors (Lipinski definition) is 0. The first-order chi connectivity index (χ1) is 14.4. The van der Waals surface area contributed by atoms with Gasteiger partial charge in [0.15, 0.2) is 5.78 Å². The Kier molecular flexibility index (Phi) is 7.70. The lowest BCUT2D eigenvalue weighted by molar-refractivity contribution is -0.190. The van der Waals surface area contributed by atoms with Gasteiger partial charge in [-0.1, -0.05) is 30.5 Å². The van der Waals surface area contributed by atoms with Crippen molar-refractivity contribution in [1.29, 1.82) is 0 Å². The standard InChI is InChI=1S/C22H24ClF3N2O3/c1-6-7-10-28-20(31-21(30)22(24,25)26)16(11-27-28)19(29)15-8-9-17(23)18(14(15)5)13(4)12(2)3/h8-9,11H,6-7,10H2,1-5H3. The first-order valence-electron chi connectivity index (χ1n) is 9.73. The molecule has 0 amide bonds. The van der Waals surface area contributed by atoms with Crippen molar-refractivity contribution in [1.82, 2.24) is 9.78 Å².